The van der Waals surface area contributed by atoms with Crippen molar-refractivity contribution in [1.82, 2.24) is 9.88 Å². The average Bonchev–Trinajstić information content (AvgIpc) is 3.31. The predicted molar refractivity (Wildman–Crippen MR) is 136 cm³/mol. The number of alkyl halides is 3. The van der Waals surface area contributed by atoms with Gasteiger partial charge in [-0.1, -0.05) is 54.1 Å². The molecule has 1 aromatic heterocycles. The molecule has 1 aliphatic rings. The Balaban J connectivity index is 1.33. The number of aromatic amines is 1. The molecule has 0 aliphatic carbocycles. The highest BCUT2D eigenvalue weighted by atomic mass is 19.4. The van der Waals surface area contributed by atoms with Gasteiger partial charge in [0.05, 0.1) is 5.56 Å². The van der Waals surface area contributed by atoms with Gasteiger partial charge in [-0.2, -0.15) is 13.2 Å². The fourth-order valence-corrected chi connectivity index (χ4v) is 5.07. The van der Waals surface area contributed by atoms with Crippen LogP contribution in [0.15, 0.2) is 79.0 Å². The number of carbonyl (C=O) groups excluding carboxylic acids is 1. The second-order valence-corrected chi connectivity index (χ2v) is 9.38. The number of anilines is 1. The van der Waals surface area contributed by atoms with E-state index in [0.717, 1.165) is 33.7 Å². The summed E-state index contributed by atoms with van der Waals surface area (Å²) in [5.41, 5.74) is 4.24. The lowest BCUT2D eigenvalue weighted by Gasteiger charge is -2.37. The minimum Gasteiger partial charge on any atom is -0.368 e. The van der Waals surface area contributed by atoms with E-state index < -0.39 is 11.7 Å². The first-order valence-electron chi connectivity index (χ1n) is 12.1. The summed E-state index contributed by atoms with van der Waals surface area (Å²) < 4.78 is 39.4. The van der Waals surface area contributed by atoms with Crippen LogP contribution in [-0.4, -0.2) is 42.0 Å². The Morgan fingerprint density at radius 1 is 0.944 bits per heavy atom. The highest BCUT2D eigenvalue weighted by molar-refractivity contribution is 5.86. The maximum absolute atomic E-state index is 13.5. The number of H-pyrrole nitrogens is 1. The van der Waals surface area contributed by atoms with Gasteiger partial charge in [-0.15, -0.1) is 0 Å². The number of aryl methyl sites for hydroxylation is 1. The monoisotopic (exact) mass is 491 g/mol. The average molecular weight is 492 g/mol. The van der Waals surface area contributed by atoms with Crippen LogP contribution in [0.2, 0.25) is 0 Å². The van der Waals surface area contributed by atoms with Gasteiger partial charge in [0, 0.05) is 61.3 Å². The summed E-state index contributed by atoms with van der Waals surface area (Å²) >= 11 is 0. The minimum absolute atomic E-state index is 0.0514. The van der Waals surface area contributed by atoms with E-state index in [0.29, 0.717) is 38.3 Å². The van der Waals surface area contributed by atoms with Crippen molar-refractivity contribution >= 4 is 22.5 Å². The SMILES string of the molecule is Cc1cccc(C(CC(=O)N2CCN(c3cccc(C(F)(F)F)c3)CC2)c2c[nH]c3ccccc23)c1. The van der Waals surface area contributed by atoms with Crippen LogP contribution in [0.4, 0.5) is 18.9 Å². The maximum Gasteiger partial charge on any atom is 0.416 e. The van der Waals surface area contributed by atoms with Gasteiger partial charge < -0.3 is 14.8 Å². The molecular weight excluding hydrogens is 463 g/mol. The van der Waals surface area contributed by atoms with E-state index >= 15 is 0 Å². The van der Waals surface area contributed by atoms with Crippen molar-refractivity contribution in [3.8, 4) is 0 Å². The first kappa shape index (κ1) is 24.0. The van der Waals surface area contributed by atoms with Crippen molar-refractivity contribution in [2.24, 2.45) is 0 Å². The van der Waals surface area contributed by atoms with Gasteiger partial charge in [-0.25, -0.2) is 0 Å². The number of amides is 1. The van der Waals surface area contributed by atoms with Crippen LogP contribution in [0.25, 0.3) is 10.9 Å². The van der Waals surface area contributed by atoms with Crippen molar-refractivity contribution in [3.63, 3.8) is 0 Å². The van der Waals surface area contributed by atoms with E-state index in [1.54, 1.807) is 6.07 Å². The topological polar surface area (TPSA) is 39.3 Å². The number of hydrogen-bond acceptors (Lipinski definition) is 2. The van der Waals surface area contributed by atoms with E-state index in [2.05, 4.69) is 23.2 Å². The van der Waals surface area contributed by atoms with Crippen LogP contribution in [-0.2, 0) is 11.0 Å². The molecule has 1 amide bonds. The fraction of sp³-hybridized carbons (Fsp3) is 0.276. The second-order valence-electron chi connectivity index (χ2n) is 9.38. The zero-order valence-corrected chi connectivity index (χ0v) is 20.1. The van der Waals surface area contributed by atoms with Crippen LogP contribution in [0.5, 0.6) is 0 Å². The van der Waals surface area contributed by atoms with Crippen LogP contribution in [0.3, 0.4) is 0 Å². The number of nitrogens with zero attached hydrogens (tertiary/aromatic N) is 2. The Bertz CT molecular complexity index is 1370. The largest absolute Gasteiger partial charge is 0.416 e. The molecule has 1 fully saturated rings. The van der Waals surface area contributed by atoms with E-state index in [4.69, 9.17) is 0 Å². The summed E-state index contributed by atoms with van der Waals surface area (Å²) in [7, 11) is 0. The summed E-state index contributed by atoms with van der Waals surface area (Å²) in [5.74, 6) is -0.0504. The zero-order valence-electron chi connectivity index (χ0n) is 20.1. The molecular formula is C29H28F3N3O. The highest BCUT2D eigenvalue weighted by Gasteiger charge is 2.32. The van der Waals surface area contributed by atoms with Gasteiger partial charge in [-0.05, 0) is 42.3 Å². The molecule has 1 atom stereocenters. The molecule has 2 heterocycles. The summed E-state index contributed by atoms with van der Waals surface area (Å²) in [6, 6.07) is 21.7. The molecule has 4 aromatic rings. The third kappa shape index (κ3) is 4.96. The van der Waals surface area contributed by atoms with E-state index in [9.17, 15) is 18.0 Å². The van der Waals surface area contributed by atoms with Crippen molar-refractivity contribution in [1.29, 1.82) is 0 Å². The molecule has 0 bridgehead atoms. The smallest absolute Gasteiger partial charge is 0.368 e. The van der Waals surface area contributed by atoms with Crippen molar-refractivity contribution in [3.05, 3.63) is 101 Å². The Morgan fingerprint density at radius 2 is 1.69 bits per heavy atom. The number of fused-ring (bicyclic) bond motifs is 1. The van der Waals surface area contributed by atoms with Crippen LogP contribution in [0, 0.1) is 6.92 Å². The number of para-hydroxylation sites is 1. The Morgan fingerprint density at radius 3 is 2.44 bits per heavy atom. The molecule has 36 heavy (non-hydrogen) atoms. The maximum atomic E-state index is 13.5. The fourth-order valence-electron chi connectivity index (χ4n) is 5.07. The molecule has 3 aromatic carbocycles. The molecule has 0 radical (unpaired) electrons. The lowest BCUT2D eigenvalue weighted by molar-refractivity contribution is -0.137. The Labute approximate surface area is 208 Å². The van der Waals surface area contributed by atoms with E-state index in [1.807, 2.05) is 53.3 Å². The van der Waals surface area contributed by atoms with Crippen LogP contribution in [0.1, 0.15) is 34.6 Å². The lowest BCUT2D eigenvalue weighted by Crippen LogP contribution is -2.49. The Hall–Kier alpha value is -3.74. The molecule has 0 saturated carbocycles. The number of carbonyl (C=O) groups is 1. The molecule has 1 aliphatic heterocycles. The number of halogens is 3. The lowest BCUT2D eigenvalue weighted by atomic mass is 9.87. The Kier molecular flexibility index (Phi) is 6.48. The highest BCUT2D eigenvalue weighted by Crippen LogP contribution is 2.35. The van der Waals surface area contributed by atoms with Gasteiger partial charge in [0.1, 0.15) is 0 Å². The van der Waals surface area contributed by atoms with Gasteiger partial charge >= 0.3 is 6.18 Å². The van der Waals surface area contributed by atoms with Crippen molar-refractivity contribution in [2.45, 2.75) is 25.4 Å². The first-order valence-corrected chi connectivity index (χ1v) is 12.1. The van der Waals surface area contributed by atoms with Crippen LogP contribution >= 0.6 is 0 Å². The van der Waals surface area contributed by atoms with Gasteiger partial charge in [0.2, 0.25) is 5.91 Å². The zero-order chi connectivity index (χ0) is 25.3. The second kappa shape index (κ2) is 9.72. The summed E-state index contributed by atoms with van der Waals surface area (Å²) in [6.07, 6.45) is -2.05. The predicted octanol–water partition coefficient (Wildman–Crippen LogP) is 6.37. The number of nitrogens with one attached hydrogen (secondary N) is 1. The van der Waals surface area contributed by atoms with Crippen LogP contribution < -0.4 is 4.90 Å². The normalized spacial score (nSPS) is 15.3. The molecule has 1 saturated heterocycles. The minimum atomic E-state index is -4.37. The standard InChI is InChI=1S/C29H28F3N3O/c1-20-6-4-7-21(16-20)25(26-19-33-27-11-3-2-10-24(26)27)18-28(36)35-14-12-34(13-15-35)23-9-5-8-22(17-23)29(30,31)32/h2-11,16-17,19,25,33H,12-15,18H2,1H3. The van der Waals surface area contributed by atoms with E-state index in [1.165, 1.54) is 12.1 Å². The molecule has 186 valence electrons. The van der Waals surface area contributed by atoms with Gasteiger partial charge in [0.15, 0.2) is 0 Å². The first-order chi connectivity index (χ1) is 17.3. The molecule has 4 nitrogen and oxygen atoms in total. The van der Waals surface area contributed by atoms with Crippen molar-refractivity contribution in [2.75, 3.05) is 31.1 Å². The quantitative estimate of drug-likeness (QED) is 0.353. The number of aromatic nitrogens is 1. The summed E-state index contributed by atoms with van der Waals surface area (Å²) in [5, 5.41) is 1.10. The third-order valence-corrected chi connectivity index (χ3v) is 6.99. The molecule has 1 N–H and O–H groups in total. The number of piperazine rings is 1. The molecule has 1 unspecified atom stereocenters. The number of hydrogen-bond donors (Lipinski definition) is 1. The molecule has 5 rings (SSSR count). The van der Waals surface area contributed by atoms with Gasteiger partial charge in [0.25, 0.3) is 0 Å². The summed E-state index contributed by atoms with van der Waals surface area (Å²) in [4.78, 5) is 20.6. The summed E-state index contributed by atoms with van der Waals surface area (Å²) in [6.45, 7) is 3.99. The third-order valence-electron chi connectivity index (χ3n) is 6.99. The molecule has 0 spiro atoms. The van der Waals surface area contributed by atoms with Gasteiger partial charge in [-0.3, -0.25) is 4.79 Å². The number of benzene rings is 3. The number of rotatable bonds is 5. The molecule has 7 heteroatoms. The van der Waals surface area contributed by atoms with Crippen molar-refractivity contribution < 1.29 is 18.0 Å². The van der Waals surface area contributed by atoms with E-state index in [-0.39, 0.29) is 11.8 Å².